The Morgan fingerprint density at radius 2 is 2.00 bits per heavy atom. The van der Waals surface area contributed by atoms with Crippen molar-refractivity contribution >= 4 is 20.7 Å². The number of hydrogen-bond donors (Lipinski definition) is 1. The summed E-state index contributed by atoms with van der Waals surface area (Å²) in [6, 6.07) is 8.12. The maximum absolute atomic E-state index is 13.1. The van der Waals surface area contributed by atoms with Crippen molar-refractivity contribution in [2.75, 3.05) is 12.8 Å². The van der Waals surface area contributed by atoms with Crippen molar-refractivity contribution in [1.82, 2.24) is 19.4 Å². The van der Waals surface area contributed by atoms with Gasteiger partial charge in [0.2, 0.25) is 15.0 Å². The third kappa shape index (κ3) is 3.18. The Morgan fingerprint density at radius 3 is 2.80 bits per heavy atom. The second-order valence-electron chi connectivity index (χ2n) is 8.11. The molecule has 0 aliphatic carbocycles. The van der Waals surface area contributed by atoms with Crippen LogP contribution in [0, 0.1) is 0 Å². The topological polar surface area (TPSA) is 105 Å². The highest BCUT2D eigenvalue weighted by Gasteiger charge is 2.25. The lowest BCUT2D eigenvalue weighted by Gasteiger charge is -2.28. The molecule has 1 N–H and O–H groups in total. The number of aromatic amines is 1. The van der Waals surface area contributed by atoms with E-state index in [1.807, 2.05) is 27.7 Å². The molecule has 5 rings (SSSR count). The van der Waals surface area contributed by atoms with E-state index >= 15 is 0 Å². The van der Waals surface area contributed by atoms with E-state index in [9.17, 15) is 18.0 Å². The number of H-pyrrole nitrogens is 1. The molecular weight excluding hydrogens is 404 g/mol. The standard InChI is InChI=1S/C21H22N4O4S/c1-30(28,29)21-22-17-7-9-24(12-16(17)19(26)23-21)11-15-10-14-5-2-4-13-6-3-8-25(18(13)14)20(15)27/h2,4-5,10H,3,6-9,11-12H2,1H3,(H,22,23,26). The first-order valence-electron chi connectivity index (χ1n) is 10.00. The lowest BCUT2D eigenvalue weighted by molar-refractivity contribution is 0.239. The molecule has 0 atom stereocenters. The minimum absolute atomic E-state index is 0.0277. The number of nitrogens with zero attached hydrogens (tertiary/aromatic N) is 3. The summed E-state index contributed by atoms with van der Waals surface area (Å²) in [4.78, 5) is 34.2. The lowest BCUT2D eigenvalue weighted by Crippen LogP contribution is -2.38. The van der Waals surface area contributed by atoms with Crippen LogP contribution in [-0.2, 0) is 42.3 Å². The number of hydrogen-bond acceptors (Lipinski definition) is 6. The van der Waals surface area contributed by atoms with Gasteiger partial charge in [-0.3, -0.25) is 19.5 Å². The van der Waals surface area contributed by atoms with E-state index in [4.69, 9.17) is 0 Å². The zero-order chi connectivity index (χ0) is 21.0. The van der Waals surface area contributed by atoms with Crippen molar-refractivity contribution in [2.24, 2.45) is 0 Å². The molecule has 8 nitrogen and oxygen atoms in total. The van der Waals surface area contributed by atoms with Gasteiger partial charge in [-0.15, -0.1) is 0 Å². The van der Waals surface area contributed by atoms with E-state index in [2.05, 4.69) is 16.0 Å². The number of pyridine rings is 1. The Labute approximate surface area is 173 Å². The second kappa shape index (κ2) is 6.88. The number of benzene rings is 1. The van der Waals surface area contributed by atoms with Gasteiger partial charge in [-0.25, -0.2) is 13.4 Å². The van der Waals surface area contributed by atoms with Crippen LogP contribution in [-0.4, -0.2) is 40.7 Å². The molecule has 0 bridgehead atoms. The van der Waals surface area contributed by atoms with Crippen LogP contribution in [0.2, 0.25) is 0 Å². The summed E-state index contributed by atoms with van der Waals surface area (Å²) in [6.07, 6.45) is 3.44. The summed E-state index contributed by atoms with van der Waals surface area (Å²) in [5.41, 5.74) is 3.55. The first-order chi connectivity index (χ1) is 14.3. The molecule has 1 aromatic carbocycles. The molecule has 2 aliphatic rings. The van der Waals surface area contributed by atoms with Gasteiger partial charge in [0.25, 0.3) is 11.1 Å². The predicted octanol–water partition coefficient (Wildman–Crippen LogP) is 0.993. The van der Waals surface area contributed by atoms with Crippen LogP contribution < -0.4 is 11.1 Å². The smallest absolute Gasteiger partial charge is 0.256 e. The second-order valence-corrected chi connectivity index (χ2v) is 10.0. The fourth-order valence-corrected chi connectivity index (χ4v) is 5.10. The molecule has 2 aliphatic heterocycles. The number of sulfone groups is 1. The van der Waals surface area contributed by atoms with E-state index in [1.54, 1.807) is 0 Å². The SMILES string of the molecule is CS(=O)(=O)c1nc2c(c(=O)[nH]1)CN(Cc1cc3cccc4c3n(c1=O)CCC4)CC2. The molecule has 0 fully saturated rings. The maximum Gasteiger partial charge on any atom is 0.256 e. The van der Waals surface area contributed by atoms with Crippen molar-refractivity contribution in [2.45, 2.75) is 44.1 Å². The highest BCUT2D eigenvalue weighted by atomic mass is 32.2. The summed E-state index contributed by atoms with van der Waals surface area (Å²) < 4.78 is 25.3. The van der Waals surface area contributed by atoms with Gasteiger partial charge in [-0.2, -0.15) is 0 Å². The van der Waals surface area contributed by atoms with E-state index < -0.39 is 15.4 Å². The summed E-state index contributed by atoms with van der Waals surface area (Å²) in [6.45, 7) is 2.09. The monoisotopic (exact) mass is 426 g/mol. The van der Waals surface area contributed by atoms with Crippen molar-refractivity contribution < 1.29 is 8.42 Å². The molecule has 2 aromatic heterocycles. The van der Waals surface area contributed by atoms with Crippen molar-refractivity contribution in [3.63, 3.8) is 0 Å². The Morgan fingerprint density at radius 1 is 1.17 bits per heavy atom. The van der Waals surface area contributed by atoms with Gasteiger partial charge in [-0.05, 0) is 29.9 Å². The number of nitrogens with one attached hydrogen (secondary N) is 1. The fraction of sp³-hybridized carbons (Fsp3) is 0.381. The molecule has 0 spiro atoms. The zero-order valence-electron chi connectivity index (χ0n) is 16.6. The highest BCUT2D eigenvalue weighted by molar-refractivity contribution is 7.90. The van der Waals surface area contributed by atoms with Crippen LogP contribution in [0.1, 0.15) is 28.8 Å². The van der Waals surface area contributed by atoms with Gasteiger partial charge in [-0.1, -0.05) is 18.2 Å². The number of aromatic nitrogens is 3. The molecule has 4 heterocycles. The molecule has 9 heteroatoms. The van der Waals surface area contributed by atoms with Gasteiger partial charge < -0.3 is 4.57 Å². The average molecular weight is 426 g/mol. The van der Waals surface area contributed by atoms with Crippen LogP contribution in [0.4, 0.5) is 0 Å². The minimum Gasteiger partial charge on any atom is -0.308 e. The van der Waals surface area contributed by atoms with E-state index in [0.29, 0.717) is 42.9 Å². The maximum atomic E-state index is 13.1. The molecule has 0 amide bonds. The van der Waals surface area contributed by atoms with E-state index in [0.717, 1.165) is 36.5 Å². The molecule has 0 unspecified atom stereocenters. The highest BCUT2D eigenvalue weighted by Crippen LogP contribution is 2.25. The quantitative estimate of drug-likeness (QED) is 0.627. The van der Waals surface area contributed by atoms with Gasteiger partial charge in [0, 0.05) is 44.4 Å². The summed E-state index contributed by atoms with van der Waals surface area (Å²) in [5.74, 6) is 0. The molecule has 30 heavy (non-hydrogen) atoms. The first kappa shape index (κ1) is 19.2. The lowest BCUT2D eigenvalue weighted by atomic mass is 9.99. The van der Waals surface area contributed by atoms with Crippen LogP contribution >= 0.6 is 0 Å². The van der Waals surface area contributed by atoms with Gasteiger partial charge >= 0.3 is 0 Å². The predicted molar refractivity (Wildman–Crippen MR) is 112 cm³/mol. The molecule has 0 radical (unpaired) electrons. The third-order valence-electron chi connectivity index (χ3n) is 5.97. The van der Waals surface area contributed by atoms with Gasteiger partial charge in [0.05, 0.1) is 16.8 Å². The third-order valence-corrected chi connectivity index (χ3v) is 6.87. The van der Waals surface area contributed by atoms with Gasteiger partial charge in [0.15, 0.2) is 0 Å². The summed E-state index contributed by atoms with van der Waals surface area (Å²) in [7, 11) is -3.58. The van der Waals surface area contributed by atoms with Crippen LogP contribution in [0.15, 0.2) is 39.0 Å². The van der Waals surface area contributed by atoms with Crippen LogP contribution in [0.25, 0.3) is 10.9 Å². The average Bonchev–Trinajstić information content (AvgIpc) is 2.71. The van der Waals surface area contributed by atoms with E-state index in [1.165, 1.54) is 5.56 Å². The van der Waals surface area contributed by atoms with Crippen molar-refractivity contribution in [3.8, 4) is 0 Å². The Kier molecular flexibility index (Phi) is 4.41. The van der Waals surface area contributed by atoms with E-state index in [-0.39, 0.29) is 10.7 Å². The zero-order valence-corrected chi connectivity index (χ0v) is 17.5. The Hall–Kier alpha value is -2.78. The number of aryl methyl sites for hydroxylation is 2. The van der Waals surface area contributed by atoms with Crippen LogP contribution in [0.3, 0.4) is 0 Å². The number of fused-ring (bicyclic) bond motifs is 1. The molecule has 3 aromatic rings. The minimum atomic E-state index is -3.58. The van der Waals surface area contributed by atoms with Crippen molar-refractivity contribution in [3.05, 3.63) is 67.4 Å². The Balaban J connectivity index is 1.49. The largest absolute Gasteiger partial charge is 0.308 e. The Bertz CT molecular complexity index is 1400. The summed E-state index contributed by atoms with van der Waals surface area (Å²) >= 11 is 0. The van der Waals surface area contributed by atoms with Gasteiger partial charge in [0.1, 0.15) is 0 Å². The number of para-hydroxylation sites is 1. The summed E-state index contributed by atoms with van der Waals surface area (Å²) in [5, 5.41) is 0.777. The fourth-order valence-electron chi connectivity index (χ4n) is 4.55. The molecule has 0 saturated carbocycles. The molecule has 156 valence electrons. The molecule has 0 saturated heterocycles. The first-order valence-corrected chi connectivity index (χ1v) is 11.9. The van der Waals surface area contributed by atoms with Crippen molar-refractivity contribution in [1.29, 1.82) is 0 Å². The molecular formula is C21H22N4O4S. The van der Waals surface area contributed by atoms with Crippen LogP contribution in [0.5, 0.6) is 0 Å². The normalized spacial score (nSPS) is 16.6. The number of rotatable bonds is 3.